The second-order valence-corrected chi connectivity index (χ2v) is 13.9. The summed E-state index contributed by atoms with van der Waals surface area (Å²) in [7, 11) is 0. The van der Waals surface area contributed by atoms with Crippen LogP contribution < -0.4 is 9.64 Å². The maximum absolute atomic E-state index is 15.5. The van der Waals surface area contributed by atoms with Gasteiger partial charge in [0.05, 0.1) is 34.1 Å². The van der Waals surface area contributed by atoms with Crippen molar-refractivity contribution in [2.45, 2.75) is 90.6 Å². The number of rotatable bonds is 3. The van der Waals surface area contributed by atoms with Crippen LogP contribution in [0.3, 0.4) is 0 Å². The summed E-state index contributed by atoms with van der Waals surface area (Å²) in [5.74, 6) is -1.82. The highest BCUT2D eigenvalue weighted by atomic mass is 19.1. The number of aryl methyl sites for hydroxylation is 1. The number of fused-ring (bicyclic) bond motifs is 7. The Hall–Kier alpha value is -4.09. The van der Waals surface area contributed by atoms with E-state index in [0.717, 1.165) is 6.07 Å². The van der Waals surface area contributed by atoms with Gasteiger partial charge in [0.15, 0.2) is 11.8 Å². The fourth-order valence-electron chi connectivity index (χ4n) is 6.51. The van der Waals surface area contributed by atoms with Gasteiger partial charge in [0.1, 0.15) is 23.2 Å². The number of nitrogens with zero attached hydrogens (tertiary/aromatic N) is 4. The van der Waals surface area contributed by atoms with Gasteiger partial charge in [-0.15, -0.1) is 0 Å². The summed E-state index contributed by atoms with van der Waals surface area (Å²) in [6.07, 6.45) is 1.17. The minimum atomic E-state index is -1.29. The molecule has 5 heterocycles. The fourth-order valence-corrected chi connectivity index (χ4v) is 6.51. The van der Waals surface area contributed by atoms with Crippen LogP contribution >= 0.6 is 0 Å². The first-order valence-corrected chi connectivity index (χ1v) is 16.2. The molecule has 47 heavy (non-hydrogen) atoms. The van der Waals surface area contributed by atoms with Crippen molar-refractivity contribution >= 4 is 17.4 Å². The second kappa shape index (κ2) is 12.5. The number of benzene rings is 2. The number of hydrogen-bond donors (Lipinski definition) is 1. The molecule has 2 aromatic carbocycles. The molecule has 250 valence electrons. The van der Waals surface area contributed by atoms with E-state index in [1.807, 2.05) is 39.8 Å². The van der Waals surface area contributed by atoms with E-state index in [-0.39, 0.29) is 23.0 Å². The van der Waals surface area contributed by atoms with Crippen molar-refractivity contribution in [2.75, 3.05) is 24.6 Å². The van der Waals surface area contributed by atoms with Gasteiger partial charge in [0, 0.05) is 49.2 Å². The molecule has 6 bridgehead atoms. The summed E-state index contributed by atoms with van der Waals surface area (Å²) in [5.41, 5.74) is 2.29. The fraction of sp³-hybridized carbons (Fsp3) is 0.472. The molecule has 0 saturated carbocycles. The zero-order chi connectivity index (χ0) is 33.7. The molecular formula is C36H42F2N4O5. The normalized spacial score (nSPS) is 21.1. The molecule has 7 rings (SSSR count). The highest BCUT2D eigenvalue weighted by Crippen LogP contribution is 2.40. The molecule has 0 radical (unpaired) electrons. The van der Waals surface area contributed by atoms with E-state index in [1.165, 1.54) is 6.07 Å². The first-order chi connectivity index (χ1) is 22.2. The van der Waals surface area contributed by atoms with Crippen molar-refractivity contribution < 1.29 is 32.9 Å². The lowest BCUT2D eigenvalue weighted by molar-refractivity contribution is -0.160. The molecule has 11 heteroatoms. The van der Waals surface area contributed by atoms with E-state index < -0.39 is 29.3 Å². The third kappa shape index (κ3) is 6.82. The van der Waals surface area contributed by atoms with Crippen molar-refractivity contribution in [2.24, 2.45) is 0 Å². The predicted octanol–water partition coefficient (Wildman–Crippen LogP) is 7.53. The van der Waals surface area contributed by atoms with Crippen LogP contribution in [0.2, 0.25) is 0 Å². The Bertz CT molecular complexity index is 1810. The number of ether oxygens (including phenoxy) is 3. The van der Waals surface area contributed by atoms with Crippen LogP contribution in [-0.4, -0.2) is 62.7 Å². The van der Waals surface area contributed by atoms with Crippen LogP contribution in [-0.2, 0) is 14.3 Å². The number of anilines is 1. The van der Waals surface area contributed by atoms with Crippen molar-refractivity contribution in [3.8, 4) is 28.1 Å². The van der Waals surface area contributed by atoms with Gasteiger partial charge in [-0.3, -0.25) is 0 Å². The van der Waals surface area contributed by atoms with Crippen molar-refractivity contribution in [1.82, 2.24) is 14.6 Å². The Kier molecular flexibility index (Phi) is 8.73. The first kappa shape index (κ1) is 32.8. The van der Waals surface area contributed by atoms with Crippen LogP contribution in [0.25, 0.3) is 28.0 Å². The summed E-state index contributed by atoms with van der Waals surface area (Å²) in [4.78, 5) is 19.7. The van der Waals surface area contributed by atoms with Gasteiger partial charge in [-0.05, 0) is 78.9 Å². The number of carboxylic acid groups (broad SMARTS) is 1. The minimum Gasteiger partial charge on any atom is -0.490 e. The molecule has 3 aliphatic rings. The zero-order valence-electron chi connectivity index (χ0n) is 27.8. The van der Waals surface area contributed by atoms with Crippen LogP contribution in [0, 0.1) is 18.6 Å². The number of carboxylic acids is 1. The lowest BCUT2D eigenvalue weighted by Crippen LogP contribution is -2.46. The van der Waals surface area contributed by atoms with Crippen LogP contribution in [0.1, 0.15) is 77.7 Å². The van der Waals surface area contributed by atoms with E-state index in [9.17, 15) is 14.3 Å². The minimum absolute atomic E-state index is 0.127. The Morgan fingerprint density at radius 2 is 1.85 bits per heavy atom. The number of aromatic nitrogens is 3. The summed E-state index contributed by atoms with van der Waals surface area (Å²) in [6, 6.07) is 11.1. The summed E-state index contributed by atoms with van der Waals surface area (Å²) in [5, 5.41) is 15.4. The molecule has 2 aromatic heterocycles. The van der Waals surface area contributed by atoms with E-state index in [1.54, 1.807) is 29.6 Å². The van der Waals surface area contributed by atoms with Gasteiger partial charge in [0.25, 0.3) is 0 Å². The molecule has 4 aromatic rings. The van der Waals surface area contributed by atoms with Gasteiger partial charge in [-0.1, -0.05) is 18.2 Å². The molecule has 9 nitrogen and oxygen atoms in total. The number of aliphatic carboxylic acids is 1. The van der Waals surface area contributed by atoms with E-state index >= 15 is 4.39 Å². The first-order valence-electron chi connectivity index (χ1n) is 16.2. The Morgan fingerprint density at radius 1 is 1.13 bits per heavy atom. The SMILES string of the molecule is Cc1nc2cc3nn2c(c1C(OC(C)(C)C)C(=O)O)N1CCC(C)(CC1)OCCCC(C)Oc1cc(F)cc(F)c1-c1cccc-3c1. The number of halogens is 2. The number of hydrogen-bond acceptors (Lipinski definition) is 7. The van der Waals surface area contributed by atoms with E-state index in [0.29, 0.717) is 84.9 Å². The van der Waals surface area contributed by atoms with Crippen molar-refractivity contribution in [1.29, 1.82) is 0 Å². The van der Waals surface area contributed by atoms with Crippen LogP contribution in [0.4, 0.5) is 14.6 Å². The van der Waals surface area contributed by atoms with Crippen molar-refractivity contribution in [3.05, 3.63) is 65.4 Å². The molecule has 2 atom stereocenters. The maximum Gasteiger partial charge on any atom is 0.337 e. The summed E-state index contributed by atoms with van der Waals surface area (Å²) < 4.78 is 50.3. The highest BCUT2D eigenvalue weighted by Gasteiger charge is 2.38. The number of carbonyl (C=O) groups is 1. The van der Waals surface area contributed by atoms with Crippen LogP contribution in [0.5, 0.6) is 5.75 Å². The maximum atomic E-state index is 15.5. The van der Waals surface area contributed by atoms with Gasteiger partial charge < -0.3 is 24.2 Å². The molecule has 1 fully saturated rings. The molecule has 0 aliphatic carbocycles. The molecule has 0 spiro atoms. The van der Waals surface area contributed by atoms with Gasteiger partial charge in [-0.25, -0.2) is 18.6 Å². The second-order valence-electron chi connectivity index (χ2n) is 13.9. The third-order valence-electron chi connectivity index (χ3n) is 8.88. The van der Waals surface area contributed by atoms with Gasteiger partial charge >= 0.3 is 5.97 Å². The average molecular weight is 649 g/mol. The van der Waals surface area contributed by atoms with Crippen LogP contribution in [0.15, 0.2) is 42.5 Å². The van der Waals surface area contributed by atoms with Crippen molar-refractivity contribution in [3.63, 3.8) is 0 Å². The smallest absolute Gasteiger partial charge is 0.337 e. The molecular weight excluding hydrogens is 606 g/mol. The van der Waals surface area contributed by atoms with Gasteiger partial charge in [0.2, 0.25) is 0 Å². The standard InChI is InChI=1S/C36H42F2N4O5/c1-21-9-8-16-45-36(6)12-14-41(15-13-36)33-30(32(34(43)44)47-35(3,4)5)22(2)39-29-20-27(40-42(29)33)23-10-7-11-24(17-23)31-26(38)18-25(37)19-28(31)46-21/h7,10-11,17-21,32H,8-9,12-16H2,1-6H3,(H,43,44). The molecule has 3 aliphatic heterocycles. The Balaban J connectivity index is 1.56. The topological polar surface area (TPSA) is 98.4 Å². The average Bonchev–Trinajstić information content (AvgIpc) is 3.41. The Morgan fingerprint density at radius 3 is 2.55 bits per heavy atom. The summed E-state index contributed by atoms with van der Waals surface area (Å²) >= 11 is 0. The number of piperidine rings is 1. The zero-order valence-corrected chi connectivity index (χ0v) is 27.8. The molecule has 1 N–H and O–H groups in total. The summed E-state index contributed by atoms with van der Waals surface area (Å²) in [6.45, 7) is 13.0. The van der Waals surface area contributed by atoms with E-state index in [4.69, 9.17) is 24.3 Å². The molecule has 1 saturated heterocycles. The quantitative estimate of drug-likeness (QED) is 0.244. The third-order valence-corrected chi connectivity index (χ3v) is 8.88. The molecule has 0 amide bonds. The molecule has 2 unspecified atom stereocenters. The predicted molar refractivity (Wildman–Crippen MR) is 175 cm³/mol. The Labute approximate surface area is 273 Å². The monoisotopic (exact) mass is 648 g/mol. The van der Waals surface area contributed by atoms with E-state index in [2.05, 4.69) is 11.8 Å². The van der Waals surface area contributed by atoms with Gasteiger partial charge in [-0.2, -0.15) is 9.61 Å². The lowest BCUT2D eigenvalue weighted by Gasteiger charge is -2.41. The largest absolute Gasteiger partial charge is 0.490 e. The highest BCUT2D eigenvalue weighted by molar-refractivity contribution is 5.80. The lowest BCUT2D eigenvalue weighted by atomic mass is 9.92.